The molecule has 0 aromatic carbocycles. The van der Waals surface area contributed by atoms with Crippen molar-refractivity contribution in [3.63, 3.8) is 0 Å². The van der Waals surface area contributed by atoms with Gasteiger partial charge in [-0.25, -0.2) is 0 Å². The topological polar surface area (TPSA) is 48.3 Å². The van der Waals surface area contributed by atoms with Crippen molar-refractivity contribution in [3.8, 4) is 6.07 Å². The molecule has 0 saturated carbocycles. The van der Waals surface area contributed by atoms with Crippen molar-refractivity contribution >= 4 is 0 Å². The Morgan fingerprint density at radius 2 is 2.40 bits per heavy atom. The minimum Gasteiger partial charge on any atom is -0.379 e. The standard InChI is InChI=1S/C11H21N3O/c1-4-13-11(3,8-12)9-14-5-6-15-7-10(14)2/h10,13H,4-7,9H2,1-3H3. The second kappa shape index (κ2) is 5.45. The maximum Gasteiger partial charge on any atom is 0.116 e. The Labute approximate surface area is 92.2 Å². The number of ether oxygens (including phenoxy) is 1. The van der Waals surface area contributed by atoms with Crippen LogP contribution in [0.25, 0.3) is 0 Å². The van der Waals surface area contributed by atoms with E-state index >= 15 is 0 Å². The van der Waals surface area contributed by atoms with Gasteiger partial charge in [-0.15, -0.1) is 0 Å². The van der Waals surface area contributed by atoms with Crippen molar-refractivity contribution in [2.24, 2.45) is 0 Å². The Morgan fingerprint density at radius 3 is 2.93 bits per heavy atom. The van der Waals surface area contributed by atoms with Gasteiger partial charge >= 0.3 is 0 Å². The van der Waals surface area contributed by atoms with E-state index in [2.05, 4.69) is 23.2 Å². The summed E-state index contributed by atoms with van der Waals surface area (Å²) in [5.74, 6) is 0. The number of hydrogen-bond acceptors (Lipinski definition) is 4. The Morgan fingerprint density at radius 1 is 1.67 bits per heavy atom. The first kappa shape index (κ1) is 12.4. The molecule has 86 valence electrons. The molecule has 15 heavy (non-hydrogen) atoms. The highest BCUT2D eigenvalue weighted by atomic mass is 16.5. The molecule has 4 nitrogen and oxygen atoms in total. The summed E-state index contributed by atoms with van der Waals surface area (Å²) in [7, 11) is 0. The predicted octanol–water partition coefficient (Wildman–Crippen LogP) is 0.599. The largest absolute Gasteiger partial charge is 0.379 e. The highest BCUT2D eigenvalue weighted by molar-refractivity contribution is 5.06. The monoisotopic (exact) mass is 211 g/mol. The quantitative estimate of drug-likeness (QED) is 0.739. The van der Waals surface area contributed by atoms with Crippen molar-refractivity contribution in [1.29, 1.82) is 5.26 Å². The van der Waals surface area contributed by atoms with Gasteiger partial charge in [-0.2, -0.15) is 5.26 Å². The van der Waals surface area contributed by atoms with Crippen LogP contribution in [0.4, 0.5) is 0 Å². The van der Waals surface area contributed by atoms with Gasteiger partial charge in [0.25, 0.3) is 0 Å². The summed E-state index contributed by atoms with van der Waals surface area (Å²) in [6, 6.07) is 2.76. The number of likely N-dealkylation sites (N-methyl/N-ethyl adjacent to an activating group) is 1. The van der Waals surface area contributed by atoms with Crippen molar-refractivity contribution in [2.75, 3.05) is 32.8 Å². The van der Waals surface area contributed by atoms with E-state index in [0.29, 0.717) is 6.04 Å². The number of morpholine rings is 1. The summed E-state index contributed by atoms with van der Waals surface area (Å²) in [6.45, 7) is 10.2. The van der Waals surface area contributed by atoms with Crippen LogP contribution < -0.4 is 5.32 Å². The summed E-state index contributed by atoms with van der Waals surface area (Å²) < 4.78 is 5.38. The summed E-state index contributed by atoms with van der Waals surface area (Å²) in [5.41, 5.74) is -0.444. The maximum absolute atomic E-state index is 9.16. The SMILES string of the molecule is CCNC(C)(C#N)CN1CCOCC1C. The maximum atomic E-state index is 9.16. The molecule has 2 atom stereocenters. The van der Waals surface area contributed by atoms with Crippen LogP contribution in [-0.4, -0.2) is 49.3 Å². The Bertz CT molecular complexity index is 238. The molecular formula is C11H21N3O. The fourth-order valence-corrected chi connectivity index (χ4v) is 1.92. The number of nitrogens with zero attached hydrogens (tertiary/aromatic N) is 2. The van der Waals surface area contributed by atoms with E-state index in [1.165, 1.54) is 0 Å². The molecule has 0 aliphatic carbocycles. The van der Waals surface area contributed by atoms with Crippen molar-refractivity contribution in [3.05, 3.63) is 0 Å². The van der Waals surface area contributed by atoms with Crippen LogP contribution in [-0.2, 0) is 4.74 Å². The van der Waals surface area contributed by atoms with Crippen LogP contribution >= 0.6 is 0 Å². The Hall–Kier alpha value is -0.630. The average Bonchev–Trinajstić information content (AvgIpc) is 2.22. The molecule has 0 aromatic rings. The van der Waals surface area contributed by atoms with Gasteiger partial charge in [-0.1, -0.05) is 6.92 Å². The van der Waals surface area contributed by atoms with Crippen molar-refractivity contribution < 1.29 is 4.74 Å². The lowest BCUT2D eigenvalue weighted by Gasteiger charge is -2.37. The number of rotatable bonds is 4. The number of hydrogen-bond donors (Lipinski definition) is 1. The van der Waals surface area contributed by atoms with Gasteiger partial charge in [0.05, 0.1) is 19.3 Å². The third-order valence-electron chi connectivity index (χ3n) is 2.84. The molecule has 0 spiro atoms. The average molecular weight is 211 g/mol. The zero-order valence-electron chi connectivity index (χ0n) is 9.92. The van der Waals surface area contributed by atoms with Crippen LogP contribution in [0.5, 0.6) is 0 Å². The van der Waals surface area contributed by atoms with Gasteiger partial charge in [0.15, 0.2) is 0 Å². The minimum atomic E-state index is -0.444. The molecule has 1 saturated heterocycles. The van der Waals surface area contributed by atoms with Gasteiger partial charge in [0.2, 0.25) is 0 Å². The molecule has 0 amide bonds. The smallest absolute Gasteiger partial charge is 0.116 e. The molecule has 1 fully saturated rings. The highest BCUT2D eigenvalue weighted by Crippen LogP contribution is 2.12. The molecule has 1 aliphatic rings. The molecule has 4 heteroatoms. The zero-order chi connectivity index (χ0) is 11.3. The van der Waals surface area contributed by atoms with E-state index in [4.69, 9.17) is 10.00 Å². The fraction of sp³-hybridized carbons (Fsp3) is 0.909. The number of nitriles is 1. The first-order valence-corrected chi connectivity index (χ1v) is 5.59. The van der Waals surface area contributed by atoms with E-state index in [1.54, 1.807) is 0 Å². The Kier molecular flexibility index (Phi) is 4.52. The molecule has 0 radical (unpaired) electrons. The van der Waals surface area contributed by atoms with Gasteiger partial charge in [0, 0.05) is 19.1 Å². The van der Waals surface area contributed by atoms with Gasteiger partial charge < -0.3 is 4.74 Å². The fourth-order valence-electron chi connectivity index (χ4n) is 1.92. The molecule has 2 unspecified atom stereocenters. The lowest BCUT2D eigenvalue weighted by Crippen LogP contribution is -2.55. The van der Waals surface area contributed by atoms with Crippen LogP contribution in [0.1, 0.15) is 20.8 Å². The predicted molar refractivity (Wildman–Crippen MR) is 59.5 cm³/mol. The van der Waals surface area contributed by atoms with E-state index in [9.17, 15) is 0 Å². The van der Waals surface area contributed by atoms with Gasteiger partial charge in [-0.3, -0.25) is 10.2 Å². The summed E-state index contributed by atoms with van der Waals surface area (Å²) >= 11 is 0. The minimum absolute atomic E-state index is 0.407. The van der Waals surface area contributed by atoms with Crippen molar-refractivity contribution in [2.45, 2.75) is 32.4 Å². The first-order chi connectivity index (χ1) is 7.11. The molecule has 1 heterocycles. The van der Waals surface area contributed by atoms with Gasteiger partial charge in [0.1, 0.15) is 5.54 Å². The van der Waals surface area contributed by atoms with Gasteiger partial charge in [-0.05, 0) is 20.4 Å². The first-order valence-electron chi connectivity index (χ1n) is 5.59. The molecular weight excluding hydrogens is 190 g/mol. The van der Waals surface area contributed by atoms with Crippen LogP contribution in [0.3, 0.4) is 0 Å². The second-order valence-electron chi connectivity index (χ2n) is 4.37. The normalized spacial score (nSPS) is 26.9. The summed E-state index contributed by atoms with van der Waals surface area (Å²) in [6.07, 6.45) is 0. The second-order valence-corrected chi connectivity index (χ2v) is 4.37. The molecule has 1 N–H and O–H groups in total. The van der Waals surface area contributed by atoms with Crippen LogP contribution in [0.2, 0.25) is 0 Å². The lowest BCUT2D eigenvalue weighted by atomic mass is 10.0. The molecule has 1 aliphatic heterocycles. The highest BCUT2D eigenvalue weighted by Gasteiger charge is 2.29. The molecule has 1 rings (SSSR count). The summed E-state index contributed by atoms with van der Waals surface area (Å²) in [4.78, 5) is 2.31. The van der Waals surface area contributed by atoms with E-state index in [0.717, 1.165) is 32.8 Å². The zero-order valence-corrected chi connectivity index (χ0v) is 9.92. The van der Waals surface area contributed by atoms with E-state index < -0.39 is 5.54 Å². The van der Waals surface area contributed by atoms with Crippen molar-refractivity contribution in [1.82, 2.24) is 10.2 Å². The van der Waals surface area contributed by atoms with Crippen LogP contribution in [0.15, 0.2) is 0 Å². The third-order valence-corrected chi connectivity index (χ3v) is 2.84. The summed E-state index contributed by atoms with van der Waals surface area (Å²) in [5, 5.41) is 12.4. The number of nitrogens with one attached hydrogen (secondary N) is 1. The third kappa shape index (κ3) is 3.45. The van der Waals surface area contributed by atoms with E-state index in [1.807, 2.05) is 13.8 Å². The molecule has 0 aromatic heterocycles. The van der Waals surface area contributed by atoms with Crippen LogP contribution in [0, 0.1) is 11.3 Å². The van der Waals surface area contributed by atoms with E-state index in [-0.39, 0.29) is 0 Å². The lowest BCUT2D eigenvalue weighted by molar-refractivity contribution is -0.00755. The Balaban J connectivity index is 2.54. The molecule has 0 bridgehead atoms.